The van der Waals surface area contributed by atoms with Crippen LogP contribution in [0.3, 0.4) is 0 Å². The van der Waals surface area contributed by atoms with Crippen molar-refractivity contribution in [1.29, 1.82) is 0 Å². The largest absolute Gasteiger partial charge is 0.411 e. The van der Waals surface area contributed by atoms with Gasteiger partial charge in [0.25, 0.3) is 5.22 Å². The first-order chi connectivity index (χ1) is 10.6. The number of hydrogen-bond acceptors (Lipinski definition) is 5. The van der Waals surface area contributed by atoms with Crippen molar-refractivity contribution in [3.05, 3.63) is 57.3 Å². The van der Waals surface area contributed by atoms with Crippen LogP contribution in [0.15, 0.2) is 46.0 Å². The van der Waals surface area contributed by atoms with Gasteiger partial charge in [-0.05, 0) is 29.8 Å². The van der Waals surface area contributed by atoms with Gasteiger partial charge in [0, 0.05) is 16.3 Å². The molecule has 0 fully saturated rings. The quantitative estimate of drug-likeness (QED) is 0.454. The molecular formula is C14H8Cl3N3OS. The van der Waals surface area contributed by atoms with Gasteiger partial charge < -0.3 is 4.42 Å². The van der Waals surface area contributed by atoms with Crippen molar-refractivity contribution in [2.24, 2.45) is 0 Å². The van der Waals surface area contributed by atoms with Crippen molar-refractivity contribution in [2.45, 2.75) is 11.0 Å². The zero-order chi connectivity index (χ0) is 15.5. The standard InChI is InChI=1S/C14H8Cl3N3OS/c15-10-3-1-8(2-4-10)7-22-14-20-19-13(21-14)9-5-11(16)18-12(17)6-9/h1-6H,7H2. The molecule has 22 heavy (non-hydrogen) atoms. The molecule has 0 bridgehead atoms. The Kier molecular flexibility index (Phi) is 4.88. The van der Waals surface area contributed by atoms with Gasteiger partial charge in [-0.15, -0.1) is 10.2 Å². The summed E-state index contributed by atoms with van der Waals surface area (Å²) in [5.74, 6) is 1.06. The van der Waals surface area contributed by atoms with E-state index in [-0.39, 0.29) is 10.3 Å². The molecule has 2 heterocycles. The van der Waals surface area contributed by atoms with Gasteiger partial charge in [0.05, 0.1) is 0 Å². The van der Waals surface area contributed by atoms with E-state index in [9.17, 15) is 0 Å². The van der Waals surface area contributed by atoms with Gasteiger partial charge in [-0.1, -0.05) is 58.7 Å². The van der Waals surface area contributed by atoms with Gasteiger partial charge in [-0.2, -0.15) is 0 Å². The molecule has 3 aromatic rings. The lowest BCUT2D eigenvalue weighted by molar-refractivity contribution is 0.466. The molecule has 0 saturated heterocycles. The molecular weight excluding hydrogens is 365 g/mol. The molecule has 0 spiro atoms. The molecule has 4 nitrogen and oxygen atoms in total. The van der Waals surface area contributed by atoms with Gasteiger partial charge in [-0.3, -0.25) is 0 Å². The number of pyridine rings is 1. The minimum absolute atomic E-state index is 0.274. The van der Waals surface area contributed by atoms with Crippen LogP contribution in [0, 0.1) is 0 Å². The van der Waals surface area contributed by atoms with Crippen LogP contribution in [0.1, 0.15) is 5.56 Å². The maximum Gasteiger partial charge on any atom is 0.277 e. The first-order valence-corrected chi connectivity index (χ1v) is 8.26. The van der Waals surface area contributed by atoms with Crippen molar-refractivity contribution < 1.29 is 4.42 Å². The minimum atomic E-state index is 0.274. The van der Waals surface area contributed by atoms with Crippen LogP contribution in [0.4, 0.5) is 0 Å². The summed E-state index contributed by atoms with van der Waals surface area (Å²) in [7, 11) is 0. The first-order valence-electron chi connectivity index (χ1n) is 6.14. The highest BCUT2D eigenvalue weighted by molar-refractivity contribution is 7.98. The molecule has 8 heteroatoms. The van der Waals surface area contributed by atoms with E-state index >= 15 is 0 Å². The number of nitrogens with zero attached hydrogens (tertiary/aromatic N) is 3. The number of aromatic nitrogens is 3. The van der Waals surface area contributed by atoms with Crippen LogP contribution in [0.2, 0.25) is 15.3 Å². The van der Waals surface area contributed by atoms with E-state index in [1.807, 2.05) is 24.3 Å². The van der Waals surface area contributed by atoms with Crippen LogP contribution in [-0.2, 0) is 5.75 Å². The zero-order valence-corrected chi connectivity index (χ0v) is 14.0. The summed E-state index contributed by atoms with van der Waals surface area (Å²) in [6.45, 7) is 0. The fraction of sp³-hybridized carbons (Fsp3) is 0.0714. The molecule has 2 aromatic heterocycles. The summed E-state index contributed by atoms with van der Waals surface area (Å²) < 4.78 is 5.59. The lowest BCUT2D eigenvalue weighted by atomic mass is 10.2. The Balaban J connectivity index is 1.72. The Morgan fingerprint density at radius 2 is 1.64 bits per heavy atom. The molecule has 0 radical (unpaired) electrons. The van der Waals surface area contributed by atoms with Crippen LogP contribution in [0.25, 0.3) is 11.5 Å². The second-order valence-corrected chi connectivity index (χ2v) is 6.43. The van der Waals surface area contributed by atoms with E-state index < -0.39 is 0 Å². The zero-order valence-electron chi connectivity index (χ0n) is 11.0. The fourth-order valence-corrected chi connectivity index (χ4v) is 3.00. The maximum atomic E-state index is 5.86. The van der Waals surface area contributed by atoms with Gasteiger partial charge in [-0.25, -0.2) is 4.98 Å². The molecule has 0 aliphatic rings. The summed E-state index contributed by atoms with van der Waals surface area (Å²) in [4.78, 5) is 3.87. The number of thioether (sulfide) groups is 1. The second-order valence-electron chi connectivity index (χ2n) is 4.29. The van der Waals surface area contributed by atoms with E-state index in [1.165, 1.54) is 11.8 Å². The lowest BCUT2D eigenvalue weighted by Gasteiger charge is -1.98. The van der Waals surface area contributed by atoms with Crippen molar-refractivity contribution in [3.8, 4) is 11.5 Å². The average molecular weight is 373 g/mol. The number of benzene rings is 1. The highest BCUT2D eigenvalue weighted by atomic mass is 35.5. The SMILES string of the molecule is Clc1ccc(CSc2nnc(-c3cc(Cl)nc(Cl)c3)o2)cc1. The van der Waals surface area contributed by atoms with Crippen molar-refractivity contribution in [2.75, 3.05) is 0 Å². The summed E-state index contributed by atoms with van der Waals surface area (Å²) in [6, 6.07) is 10.8. The summed E-state index contributed by atoms with van der Waals surface area (Å²) >= 11 is 19.0. The Bertz CT molecular complexity index is 772. The first kappa shape index (κ1) is 15.6. The van der Waals surface area contributed by atoms with Gasteiger partial charge in [0.15, 0.2) is 0 Å². The smallest absolute Gasteiger partial charge is 0.277 e. The molecule has 112 valence electrons. The highest BCUT2D eigenvalue weighted by Crippen LogP contribution is 2.28. The van der Waals surface area contributed by atoms with Gasteiger partial charge >= 0.3 is 0 Å². The molecule has 3 rings (SSSR count). The van der Waals surface area contributed by atoms with E-state index in [0.29, 0.717) is 27.5 Å². The third-order valence-electron chi connectivity index (χ3n) is 2.69. The number of halogens is 3. The molecule has 0 saturated carbocycles. The van der Waals surface area contributed by atoms with Crippen molar-refractivity contribution in [1.82, 2.24) is 15.2 Å². The molecule has 0 aliphatic carbocycles. The summed E-state index contributed by atoms with van der Waals surface area (Å²) in [5, 5.41) is 9.71. The molecule has 0 atom stereocenters. The molecule has 0 amide bonds. The second kappa shape index (κ2) is 6.87. The van der Waals surface area contributed by atoms with Crippen molar-refractivity contribution >= 4 is 46.6 Å². The van der Waals surface area contributed by atoms with E-state index in [1.54, 1.807) is 12.1 Å². The molecule has 0 N–H and O–H groups in total. The molecule has 0 aliphatic heterocycles. The van der Waals surface area contributed by atoms with Crippen molar-refractivity contribution in [3.63, 3.8) is 0 Å². The third kappa shape index (κ3) is 3.93. The fourth-order valence-electron chi connectivity index (χ4n) is 1.70. The predicted molar refractivity (Wildman–Crippen MR) is 88.6 cm³/mol. The molecule has 0 unspecified atom stereocenters. The Labute approximate surface area is 145 Å². The maximum absolute atomic E-state index is 5.86. The van der Waals surface area contributed by atoms with E-state index in [4.69, 9.17) is 39.2 Å². The van der Waals surface area contributed by atoms with Crippen LogP contribution >= 0.6 is 46.6 Å². The normalized spacial score (nSPS) is 10.9. The monoisotopic (exact) mass is 371 g/mol. The summed E-state index contributed by atoms with van der Waals surface area (Å²) in [6.07, 6.45) is 0. The van der Waals surface area contributed by atoms with Crippen LogP contribution < -0.4 is 0 Å². The number of hydrogen-bond donors (Lipinski definition) is 0. The van der Waals surface area contributed by atoms with Crippen LogP contribution in [0.5, 0.6) is 0 Å². The van der Waals surface area contributed by atoms with Gasteiger partial charge in [0.1, 0.15) is 10.3 Å². The Hall–Kier alpha value is -1.27. The lowest BCUT2D eigenvalue weighted by Crippen LogP contribution is -1.82. The molecule has 1 aromatic carbocycles. The topological polar surface area (TPSA) is 51.8 Å². The van der Waals surface area contributed by atoms with Crippen LogP contribution in [-0.4, -0.2) is 15.2 Å². The Morgan fingerprint density at radius 3 is 2.32 bits per heavy atom. The van der Waals surface area contributed by atoms with E-state index in [2.05, 4.69) is 15.2 Å². The highest BCUT2D eigenvalue weighted by Gasteiger charge is 2.11. The Morgan fingerprint density at radius 1 is 0.955 bits per heavy atom. The van der Waals surface area contributed by atoms with E-state index in [0.717, 1.165) is 5.56 Å². The average Bonchev–Trinajstić information content (AvgIpc) is 2.95. The van der Waals surface area contributed by atoms with Gasteiger partial charge in [0.2, 0.25) is 5.89 Å². The number of rotatable bonds is 4. The predicted octanol–water partition coefficient (Wildman–Crippen LogP) is 5.38. The minimum Gasteiger partial charge on any atom is -0.411 e. The third-order valence-corrected chi connectivity index (χ3v) is 4.22. The summed E-state index contributed by atoms with van der Waals surface area (Å²) in [5.41, 5.74) is 1.75.